The fraction of sp³-hybridized carbons (Fsp3) is 0.130. The summed E-state index contributed by atoms with van der Waals surface area (Å²) in [7, 11) is 0. The van der Waals surface area contributed by atoms with Gasteiger partial charge in [-0.05, 0) is 29.8 Å². The summed E-state index contributed by atoms with van der Waals surface area (Å²) in [6.45, 7) is -0.157. The van der Waals surface area contributed by atoms with Gasteiger partial charge in [0.2, 0.25) is 11.8 Å². The molecule has 0 spiro atoms. The maximum absolute atomic E-state index is 13.3. The van der Waals surface area contributed by atoms with E-state index in [0.29, 0.717) is 27.0 Å². The highest BCUT2D eigenvalue weighted by Gasteiger charge is 2.19. The molecule has 7 nitrogen and oxygen atoms in total. The van der Waals surface area contributed by atoms with Gasteiger partial charge in [0.1, 0.15) is 17.2 Å². The van der Waals surface area contributed by atoms with Crippen molar-refractivity contribution in [3.63, 3.8) is 0 Å². The molecule has 9 heteroatoms. The summed E-state index contributed by atoms with van der Waals surface area (Å²) < 4.78 is 14.6. The largest absolute Gasteiger partial charge is 0.370 e. The van der Waals surface area contributed by atoms with Gasteiger partial charge in [-0.25, -0.2) is 9.37 Å². The van der Waals surface area contributed by atoms with Crippen LogP contribution in [0.5, 0.6) is 0 Å². The molecule has 0 saturated heterocycles. The van der Waals surface area contributed by atoms with Gasteiger partial charge in [-0.1, -0.05) is 30.3 Å². The van der Waals surface area contributed by atoms with E-state index in [-0.39, 0.29) is 36.8 Å². The van der Waals surface area contributed by atoms with Crippen LogP contribution < -0.4 is 16.2 Å². The van der Waals surface area contributed by atoms with Crippen molar-refractivity contribution in [2.75, 3.05) is 11.4 Å². The maximum atomic E-state index is 13.3. The number of primary amides is 1. The highest BCUT2D eigenvalue weighted by atomic mass is 32.1. The highest BCUT2D eigenvalue weighted by molar-refractivity contribution is 7.17. The first-order chi connectivity index (χ1) is 15.4. The molecule has 4 aromatic rings. The van der Waals surface area contributed by atoms with Gasteiger partial charge in [0, 0.05) is 29.6 Å². The highest BCUT2D eigenvalue weighted by Crippen LogP contribution is 2.30. The Kier molecular flexibility index (Phi) is 6.09. The Bertz CT molecular complexity index is 1330. The van der Waals surface area contributed by atoms with Gasteiger partial charge in [0.25, 0.3) is 5.56 Å². The van der Waals surface area contributed by atoms with Crippen LogP contribution in [0.15, 0.2) is 71.1 Å². The zero-order chi connectivity index (χ0) is 22.7. The number of amides is 2. The average Bonchev–Trinajstić information content (AvgIpc) is 3.22. The summed E-state index contributed by atoms with van der Waals surface area (Å²) in [6, 6.07) is 14.7. The molecule has 0 aliphatic heterocycles. The van der Waals surface area contributed by atoms with Crippen molar-refractivity contribution in [3.8, 4) is 11.1 Å². The molecule has 0 fully saturated rings. The molecule has 2 amide bonds. The molecule has 0 radical (unpaired) electrons. The Morgan fingerprint density at radius 3 is 2.50 bits per heavy atom. The topological polar surface area (TPSA) is 98.3 Å². The molecule has 4 rings (SSSR count). The number of hydrogen-bond acceptors (Lipinski definition) is 5. The molecule has 2 aromatic heterocycles. The lowest BCUT2D eigenvalue weighted by Crippen LogP contribution is -2.38. The number of benzene rings is 2. The van der Waals surface area contributed by atoms with E-state index >= 15 is 0 Å². The summed E-state index contributed by atoms with van der Waals surface area (Å²) in [5.41, 5.74) is 6.82. The van der Waals surface area contributed by atoms with Gasteiger partial charge in [-0.15, -0.1) is 11.3 Å². The number of anilines is 1. The van der Waals surface area contributed by atoms with Crippen LogP contribution in [-0.2, 0) is 16.1 Å². The Hall–Kier alpha value is -3.85. The van der Waals surface area contributed by atoms with Gasteiger partial charge in [-0.3, -0.25) is 19.0 Å². The van der Waals surface area contributed by atoms with Crippen LogP contribution in [0.4, 0.5) is 10.1 Å². The molecular weight excluding hydrogens is 431 g/mol. The number of nitrogens with two attached hydrogens (primary N) is 1. The molecule has 0 atom stereocenters. The molecule has 2 N–H and O–H groups in total. The van der Waals surface area contributed by atoms with Crippen molar-refractivity contribution in [2.45, 2.75) is 13.0 Å². The van der Waals surface area contributed by atoms with E-state index in [1.807, 2.05) is 6.07 Å². The summed E-state index contributed by atoms with van der Waals surface area (Å²) >= 11 is 1.30. The molecule has 2 aromatic carbocycles. The van der Waals surface area contributed by atoms with E-state index < -0.39 is 5.91 Å². The lowest BCUT2D eigenvalue weighted by Gasteiger charge is -2.22. The number of aromatic nitrogens is 2. The van der Waals surface area contributed by atoms with E-state index in [2.05, 4.69) is 4.98 Å². The minimum atomic E-state index is -0.527. The second-order valence-corrected chi connectivity index (χ2v) is 7.97. The summed E-state index contributed by atoms with van der Waals surface area (Å²) in [4.78, 5) is 43.9. The van der Waals surface area contributed by atoms with Gasteiger partial charge < -0.3 is 10.6 Å². The fourth-order valence-electron chi connectivity index (χ4n) is 3.38. The lowest BCUT2D eigenvalue weighted by atomic mass is 10.1. The van der Waals surface area contributed by atoms with E-state index in [0.717, 1.165) is 0 Å². The SMILES string of the molecule is NC(=O)CCN(C(=O)Cn1cnc2scc(-c3ccc(F)cc3)c2c1=O)c1ccccc1. The van der Waals surface area contributed by atoms with E-state index in [9.17, 15) is 18.8 Å². The minimum absolute atomic E-state index is 0.00787. The maximum Gasteiger partial charge on any atom is 0.263 e. The van der Waals surface area contributed by atoms with Crippen LogP contribution in [0.2, 0.25) is 0 Å². The minimum Gasteiger partial charge on any atom is -0.370 e. The first kappa shape index (κ1) is 21.4. The zero-order valence-electron chi connectivity index (χ0n) is 16.9. The van der Waals surface area contributed by atoms with E-state index in [4.69, 9.17) is 5.73 Å². The molecule has 32 heavy (non-hydrogen) atoms. The van der Waals surface area contributed by atoms with Crippen molar-refractivity contribution in [1.82, 2.24) is 9.55 Å². The van der Waals surface area contributed by atoms with Crippen LogP contribution in [0.1, 0.15) is 6.42 Å². The van der Waals surface area contributed by atoms with E-state index in [1.54, 1.807) is 41.8 Å². The Morgan fingerprint density at radius 1 is 1.09 bits per heavy atom. The fourth-order valence-corrected chi connectivity index (χ4v) is 4.29. The van der Waals surface area contributed by atoms with Gasteiger partial charge in [0.05, 0.1) is 11.7 Å². The number of fused-ring (bicyclic) bond motifs is 1. The van der Waals surface area contributed by atoms with Crippen molar-refractivity contribution in [2.24, 2.45) is 5.73 Å². The van der Waals surface area contributed by atoms with Crippen LogP contribution in [0, 0.1) is 5.82 Å². The first-order valence-electron chi connectivity index (χ1n) is 9.80. The average molecular weight is 450 g/mol. The molecular formula is C23H19FN4O3S. The number of thiophene rings is 1. The Balaban J connectivity index is 1.68. The number of halogens is 1. The number of carbonyl (C=O) groups is 2. The van der Waals surface area contributed by atoms with Crippen LogP contribution in [0.25, 0.3) is 21.3 Å². The number of para-hydroxylation sites is 1. The van der Waals surface area contributed by atoms with Gasteiger partial charge in [0.15, 0.2) is 0 Å². The summed E-state index contributed by atoms with van der Waals surface area (Å²) in [5, 5.41) is 2.17. The quantitative estimate of drug-likeness (QED) is 0.468. The molecule has 2 heterocycles. The number of rotatable bonds is 7. The van der Waals surface area contributed by atoms with Gasteiger partial charge >= 0.3 is 0 Å². The number of nitrogens with zero attached hydrogens (tertiary/aromatic N) is 3. The standard InChI is InChI=1S/C23H19FN4O3S/c24-16-8-6-15(7-9-16)18-13-32-22-21(18)23(31)27(14-26-22)12-20(30)28(11-10-19(25)29)17-4-2-1-3-5-17/h1-9,13-14H,10-12H2,(H2,25,29). The molecule has 0 aliphatic carbocycles. The molecule has 0 unspecified atom stereocenters. The Labute approximate surface area is 186 Å². The number of hydrogen-bond donors (Lipinski definition) is 1. The zero-order valence-corrected chi connectivity index (χ0v) is 17.7. The first-order valence-corrected chi connectivity index (χ1v) is 10.7. The second kappa shape index (κ2) is 9.11. The molecule has 0 saturated carbocycles. The molecule has 162 valence electrons. The number of carbonyl (C=O) groups excluding carboxylic acids is 2. The smallest absolute Gasteiger partial charge is 0.263 e. The predicted octanol–water partition coefficient (Wildman–Crippen LogP) is 3.17. The van der Waals surface area contributed by atoms with Crippen molar-refractivity contribution >= 4 is 39.1 Å². The predicted molar refractivity (Wildman–Crippen MR) is 122 cm³/mol. The third kappa shape index (κ3) is 4.42. The van der Waals surface area contributed by atoms with Gasteiger partial charge in [-0.2, -0.15) is 0 Å². The molecule has 0 bridgehead atoms. The normalized spacial score (nSPS) is 10.9. The lowest BCUT2D eigenvalue weighted by molar-refractivity contribution is -0.119. The summed E-state index contributed by atoms with van der Waals surface area (Å²) in [6.07, 6.45) is 1.33. The Morgan fingerprint density at radius 2 is 1.81 bits per heavy atom. The third-order valence-corrected chi connectivity index (χ3v) is 5.86. The van der Waals surface area contributed by atoms with Crippen molar-refractivity contribution < 1.29 is 14.0 Å². The van der Waals surface area contributed by atoms with Crippen molar-refractivity contribution in [3.05, 3.63) is 82.5 Å². The second-order valence-electron chi connectivity index (χ2n) is 7.11. The van der Waals surface area contributed by atoms with Crippen LogP contribution in [-0.4, -0.2) is 27.9 Å². The van der Waals surface area contributed by atoms with Crippen molar-refractivity contribution in [1.29, 1.82) is 0 Å². The molecule has 0 aliphatic rings. The van der Waals surface area contributed by atoms with E-state index in [1.165, 1.54) is 39.3 Å². The van der Waals surface area contributed by atoms with Crippen LogP contribution in [0.3, 0.4) is 0 Å². The third-order valence-electron chi connectivity index (χ3n) is 4.97. The van der Waals surface area contributed by atoms with Crippen LogP contribution >= 0.6 is 11.3 Å². The monoisotopic (exact) mass is 450 g/mol. The summed E-state index contributed by atoms with van der Waals surface area (Å²) in [5.74, 6) is -1.27.